The van der Waals surface area contributed by atoms with E-state index in [4.69, 9.17) is 0 Å². The molecule has 0 amide bonds. The highest BCUT2D eigenvalue weighted by Crippen LogP contribution is 2.13. The first-order valence-electron chi connectivity index (χ1n) is 5.42. The molecule has 1 fully saturated rings. The fraction of sp³-hybridized carbons (Fsp3) is 0.500. The first kappa shape index (κ1) is 13.4. The number of halogens is 2. The van der Waals surface area contributed by atoms with E-state index in [-0.39, 0.29) is 18.2 Å². The third kappa shape index (κ3) is 3.44. The molecular formula is C12H18ClFN2. The van der Waals surface area contributed by atoms with Gasteiger partial charge in [0.15, 0.2) is 0 Å². The van der Waals surface area contributed by atoms with E-state index in [0.717, 1.165) is 25.2 Å². The minimum absolute atomic E-state index is 0. The fourth-order valence-corrected chi connectivity index (χ4v) is 2.11. The quantitative estimate of drug-likeness (QED) is 0.876. The van der Waals surface area contributed by atoms with Gasteiger partial charge in [0.1, 0.15) is 5.82 Å². The molecule has 1 heterocycles. The summed E-state index contributed by atoms with van der Waals surface area (Å²) in [7, 11) is 2.00. The highest BCUT2D eigenvalue weighted by molar-refractivity contribution is 5.85. The van der Waals surface area contributed by atoms with E-state index in [1.165, 1.54) is 12.5 Å². The molecule has 1 aromatic carbocycles. The summed E-state index contributed by atoms with van der Waals surface area (Å²) in [6.45, 7) is 3.02. The maximum atomic E-state index is 13.0. The van der Waals surface area contributed by atoms with E-state index in [9.17, 15) is 4.39 Å². The second kappa shape index (κ2) is 6.18. The minimum Gasteiger partial charge on any atom is -0.316 e. The molecule has 0 radical (unpaired) electrons. The molecule has 1 unspecified atom stereocenters. The Hall–Kier alpha value is -0.640. The summed E-state index contributed by atoms with van der Waals surface area (Å²) in [6, 6.07) is 7.46. The van der Waals surface area contributed by atoms with E-state index in [1.807, 2.05) is 13.1 Å². The van der Waals surface area contributed by atoms with Crippen LogP contribution in [0.25, 0.3) is 0 Å². The Morgan fingerprint density at radius 1 is 1.50 bits per heavy atom. The van der Waals surface area contributed by atoms with Gasteiger partial charge in [-0.1, -0.05) is 12.1 Å². The molecule has 0 bridgehead atoms. The third-order valence-corrected chi connectivity index (χ3v) is 2.98. The lowest BCUT2D eigenvalue weighted by Crippen LogP contribution is -2.29. The molecule has 1 aliphatic heterocycles. The summed E-state index contributed by atoms with van der Waals surface area (Å²) in [5.41, 5.74) is 1.06. The zero-order chi connectivity index (χ0) is 10.7. The van der Waals surface area contributed by atoms with Crippen LogP contribution < -0.4 is 5.32 Å². The van der Waals surface area contributed by atoms with E-state index in [0.29, 0.717) is 6.04 Å². The van der Waals surface area contributed by atoms with Crippen molar-refractivity contribution in [1.82, 2.24) is 10.2 Å². The Balaban J connectivity index is 0.00000128. The molecular weight excluding hydrogens is 227 g/mol. The van der Waals surface area contributed by atoms with Crippen molar-refractivity contribution < 1.29 is 4.39 Å². The molecule has 2 rings (SSSR count). The van der Waals surface area contributed by atoms with Gasteiger partial charge >= 0.3 is 0 Å². The average molecular weight is 245 g/mol. The maximum Gasteiger partial charge on any atom is 0.123 e. The summed E-state index contributed by atoms with van der Waals surface area (Å²) in [4.78, 5) is 2.36. The zero-order valence-electron chi connectivity index (χ0n) is 9.45. The van der Waals surface area contributed by atoms with Crippen molar-refractivity contribution in [3.8, 4) is 0 Å². The van der Waals surface area contributed by atoms with Crippen LogP contribution in [0.15, 0.2) is 24.3 Å². The van der Waals surface area contributed by atoms with Crippen LogP contribution in [0.1, 0.15) is 12.0 Å². The number of nitrogens with zero attached hydrogens (tertiary/aromatic N) is 1. The van der Waals surface area contributed by atoms with Crippen molar-refractivity contribution in [2.75, 3.05) is 20.1 Å². The van der Waals surface area contributed by atoms with Crippen molar-refractivity contribution in [2.24, 2.45) is 0 Å². The van der Waals surface area contributed by atoms with Gasteiger partial charge in [-0.15, -0.1) is 12.4 Å². The van der Waals surface area contributed by atoms with Crippen LogP contribution in [0, 0.1) is 5.82 Å². The van der Waals surface area contributed by atoms with E-state index in [2.05, 4.69) is 10.2 Å². The van der Waals surface area contributed by atoms with Gasteiger partial charge in [-0.3, -0.25) is 4.90 Å². The monoisotopic (exact) mass is 244 g/mol. The Kier molecular flexibility index (Phi) is 5.19. The predicted octanol–water partition coefficient (Wildman–Crippen LogP) is 2.04. The Labute approximate surface area is 102 Å². The molecule has 4 heteroatoms. The number of rotatable bonds is 3. The van der Waals surface area contributed by atoms with Crippen molar-refractivity contribution in [3.05, 3.63) is 35.6 Å². The molecule has 2 nitrogen and oxygen atoms in total. The number of likely N-dealkylation sites (tertiary alicyclic amines) is 1. The van der Waals surface area contributed by atoms with Crippen LogP contribution in [-0.2, 0) is 6.54 Å². The van der Waals surface area contributed by atoms with Crippen LogP contribution in [-0.4, -0.2) is 31.1 Å². The number of hydrogen-bond donors (Lipinski definition) is 1. The van der Waals surface area contributed by atoms with Crippen molar-refractivity contribution in [3.63, 3.8) is 0 Å². The van der Waals surface area contributed by atoms with Crippen molar-refractivity contribution in [1.29, 1.82) is 0 Å². The molecule has 90 valence electrons. The Morgan fingerprint density at radius 3 is 2.94 bits per heavy atom. The van der Waals surface area contributed by atoms with Crippen molar-refractivity contribution in [2.45, 2.75) is 19.0 Å². The van der Waals surface area contributed by atoms with Crippen LogP contribution in [0.3, 0.4) is 0 Å². The lowest BCUT2D eigenvalue weighted by atomic mass is 10.2. The highest BCUT2D eigenvalue weighted by Gasteiger charge is 2.20. The van der Waals surface area contributed by atoms with Crippen molar-refractivity contribution >= 4 is 12.4 Å². The normalized spacial score (nSPS) is 20.8. The van der Waals surface area contributed by atoms with Gasteiger partial charge < -0.3 is 5.32 Å². The lowest BCUT2D eigenvalue weighted by molar-refractivity contribution is 0.322. The average Bonchev–Trinajstić information content (AvgIpc) is 2.65. The van der Waals surface area contributed by atoms with Gasteiger partial charge in [0.25, 0.3) is 0 Å². The highest BCUT2D eigenvalue weighted by atomic mass is 35.5. The standard InChI is InChI=1S/C12H17FN2.ClH/c1-14-12-5-6-15(9-12)8-10-3-2-4-11(13)7-10;/h2-4,7,12,14H,5-6,8-9H2,1H3;1H. The third-order valence-electron chi connectivity index (χ3n) is 2.98. The Morgan fingerprint density at radius 2 is 2.31 bits per heavy atom. The summed E-state index contributed by atoms with van der Waals surface area (Å²) >= 11 is 0. The van der Waals surface area contributed by atoms with Gasteiger partial charge in [0, 0.05) is 25.7 Å². The minimum atomic E-state index is -0.142. The van der Waals surface area contributed by atoms with Gasteiger partial charge in [0.05, 0.1) is 0 Å². The lowest BCUT2D eigenvalue weighted by Gasteiger charge is -2.15. The fourth-order valence-electron chi connectivity index (χ4n) is 2.11. The molecule has 0 aliphatic carbocycles. The SMILES string of the molecule is CNC1CCN(Cc2cccc(F)c2)C1.Cl. The topological polar surface area (TPSA) is 15.3 Å². The first-order chi connectivity index (χ1) is 7.28. The first-order valence-corrected chi connectivity index (χ1v) is 5.42. The second-order valence-corrected chi connectivity index (χ2v) is 4.14. The van der Waals surface area contributed by atoms with Gasteiger partial charge in [-0.25, -0.2) is 4.39 Å². The van der Waals surface area contributed by atoms with E-state index >= 15 is 0 Å². The summed E-state index contributed by atoms with van der Waals surface area (Å²) in [6.07, 6.45) is 1.19. The largest absolute Gasteiger partial charge is 0.316 e. The second-order valence-electron chi connectivity index (χ2n) is 4.14. The number of benzene rings is 1. The molecule has 16 heavy (non-hydrogen) atoms. The number of nitrogens with one attached hydrogen (secondary N) is 1. The van der Waals surface area contributed by atoms with E-state index < -0.39 is 0 Å². The number of hydrogen-bond acceptors (Lipinski definition) is 2. The molecule has 1 aliphatic rings. The predicted molar refractivity (Wildman–Crippen MR) is 66.4 cm³/mol. The van der Waals surface area contributed by atoms with Gasteiger partial charge in [-0.05, 0) is 31.2 Å². The van der Waals surface area contributed by atoms with Crippen LogP contribution in [0.2, 0.25) is 0 Å². The van der Waals surface area contributed by atoms with Crippen LogP contribution in [0.5, 0.6) is 0 Å². The maximum absolute atomic E-state index is 13.0. The number of likely N-dealkylation sites (N-methyl/N-ethyl adjacent to an activating group) is 1. The molecule has 1 saturated heterocycles. The van der Waals surface area contributed by atoms with Gasteiger partial charge in [0.2, 0.25) is 0 Å². The molecule has 0 saturated carbocycles. The summed E-state index contributed by atoms with van der Waals surface area (Å²) in [5, 5.41) is 3.28. The Bertz CT molecular complexity index is 333. The zero-order valence-corrected chi connectivity index (χ0v) is 10.3. The van der Waals surface area contributed by atoms with Crippen LogP contribution in [0.4, 0.5) is 4.39 Å². The van der Waals surface area contributed by atoms with E-state index in [1.54, 1.807) is 12.1 Å². The summed E-state index contributed by atoms with van der Waals surface area (Å²) in [5.74, 6) is -0.142. The van der Waals surface area contributed by atoms with Crippen LogP contribution >= 0.6 is 12.4 Å². The molecule has 0 spiro atoms. The molecule has 1 aromatic rings. The molecule has 1 N–H and O–H groups in total. The van der Waals surface area contributed by atoms with Gasteiger partial charge in [-0.2, -0.15) is 0 Å². The smallest absolute Gasteiger partial charge is 0.123 e. The summed E-state index contributed by atoms with van der Waals surface area (Å²) < 4.78 is 13.0. The molecule has 0 aromatic heterocycles. The molecule has 1 atom stereocenters.